The Morgan fingerprint density at radius 2 is 1.86 bits per heavy atom. The van der Waals surface area contributed by atoms with Gasteiger partial charge in [-0.05, 0) is 47.9 Å². The van der Waals surface area contributed by atoms with E-state index >= 15 is 0 Å². The Balaban J connectivity index is 1.37. The Hall–Kier alpha value is -5.17. The van der Waals surface area contributed by atoms with Gasteiger partial charge in [-0.3, -0.25) is 9.59 Å². The quantitative estimate of drug-likeness (QED) is 0.212. The Bertz CT molecular complexity index is 1980. The molecule has 5 atom stereocenters. The third-order valence-electron chi connectivity index (χ3n) is 10.5. The smallest absolute Gasteiger partial charge is 0.360 e. The zero-order valence-corrected chi connectivity index (χ0v) is 28.0. The zero-order chi connectivity index (χ0) is 34.7. The number of methoxy groups -OCH3 is 1. The Morgan fingerprint density at radius 1 is 1.06 bits per heavy atom. The summed E-state index contributed by atoms with van der Waals surface area (Å²) in [6.07, 6.45) is 4.14. The number of hydrogen-bond acceptors (Lipinski definition) is 11. The molecule has 5 heterocycles. The van der Waals surface area contributed by atoms with Crippen molar-refractivity contribution in [2.75, 3.05) is 12.4 Å². The van der Waals surface area contributed by atoms with Gasteiger partial charge in [-0.25, -0.2) is 14.8 Å². The van der Waals surface area contributed by atoms with Crippen LogP contribution in [0.25, 0.3) is 11.6 Å². The maximum Gasteiger partial charge on any atom is 0.360 e. The summed E-state index contributed by atoms with van der Waals surface area (Å²) in [5.74, 6) is -0.770. The Morgan fingerprint density at radius 3 is 2.64 bits per heavy atom. The van der Waals surface area contributed by atoms with Crippen LogP contribution in [0.4, 0.5) is 5.69 Å². The van der Waals surface area contributed by atoms with Crippen LogP contribution in [0.5, 0.6) is 5.75 Å². The predicted molar refractivity (Wildman–Crippen MR) is 178 cm³/mol. The minimum atomic E-state index is -1.29. The second kappa shape index (κ2) is 12.3. The summed E-state index contributed by atoms with van der Waals surface area (Å²) >= 11 is 0. The van der Waals surface area contributed by atoms with Gasteiger partial charge < -0.3 is 39.4 Å². The normalized spacial score (nSPS) is 24.5. The number of rotatable bonds is 6. The molecule has 1 fully saturated rings. The van der Waals surface area contributed by atoms with Gasteiger partial charge in [0.2, 0.25) is 23.6 Å². The number of hydrogen-bond donors (Lipinski definition) is 4. The molecule has 0 saturated heterocycles. The van der Waals surface area contributed by atoms with Crippen molar-refractivity contribution in [1.29, 1.82) is 0 Å². The molecule has 8 rings (SSSR count). The molecule has 2 aromatic carbocycles. The molecule has 1 spiro atoms. The number of oxazole rings is 2. The van der Waals surface area contributed by atoms with E-state index in [9.17, 15) is 19.5 Å². The first kappa shape index (κ1) is 32.1. The van der Waals surface area contributed by atoms with Gasteiger partial charge in [-0.1, -0.05) is 63.4 Å². The molecule has 2 aromatic heterocycles. The third kappa shape index (κ3) is 5.05. The fourth-order valence-electron chi connectivity index (χ4n) is 7.92. The van der Waals surface area contributed by atoms with Crippen LogP contribution in [0.3, 0.4) is 0 Å². The van der Waals surface area contributed by atoms with Gasteiger partial charge in [0.25, 0.3) is 0 Å². The van der Waals surface area contributed by atoms with Crippen molar-refractivity contribution in [3.05, 3.63) is 82.8 Å². The number of ether oxygens (including phenoxy) is 2. The van der Waals surface area contributed by atoms with Crippen molar-refractivity contribution >= 4 is 23.5 Å². The number of esters is 1. The van der Waals surface area contributed by atoms with Gasteiger partial charge >= 0.3 is 5.97 Å². The molecule has 13 heteroatoms. The first-order chi connectivity index (χ1) is 24.2. The van der Waals surface area contributed by atoms with Crippen LogP contribution in [-0.4, -0.2) is 58.3 Å². The fourth-order valence-corrected chi connectivity index (χ4v) is 7.92. The summed E-state index contributed by atoms with van der Waals surface area (Å²) in [5, 5.41) is 20.2. The van der Waals surface area contributed by atoms with Gasteiger partial charge in [0.1, 0.15) is 35.6 Å². The molecule has 0 radical (unpaired) electrons. The average Bonchev–Trinajstić information content (AvgIpc) is 3.91. The van der Waals surface area contributed by atoms with E-state index in [1.165, 1.54) is 13.4 Å². The number of aliphatic hydroxyl groups excluding tert-OH is 1. The summed E-state index contributed by atoms with van der Waals surface area (Å²) in [6, 6.07) is 11.9. The molecule has 260 valence electrons. The lowest BCUT2D eigenvalue weighted by Gasteiger charge is -2.31. The molecule has 13 nitrogen and oxygen atoms in total. The monoisotopic (exact) mass is 681 g/mol. The van der Waals surface area contributed by atoms with Crippen molar-refractivity contribution in [1.82, 2.24) is 20.6 Å². The number of para-hydroxylation sites is 1. The van der Waals surface area contributed by atoms with Crippen LogP contribution in [0.1, 0.15) is 90.8 Å². The largest absolute Gasteiger partial charge is 0.469 e. The van der Waals surface area contributed by atoms with E-state index in [0.717, 1.165) is 54.5 Å². The molecule has 1 aliphatic carbocycles. The molecule has 3 aliphatic heterocycles. The molecule has 50 heavy (non-hydrogen) atoms. The van der Waals surface area contributed by atoms with Gasteiger partial charge in [0.05, 0.1) is 7.11 Å². The number of nitrogens with zero attached hydrogens (tertiary/aromatic N) is 2. The second-order valence-corrected chi connectivity index (χ2v) is 13.9. The van der Waals surface area contributed by atoms with E-state index in [-0.39, 0.29) is 41.4 Å². The van der Waals surface area contributed by atoms with E-state index in [4.69, 9.17) is 23.3 Å². The Kier molecular flexibility index (Phi) is 7.89. The first-order valence-electron chi connectivity index (χ1n) is 17.2. The van der Waals surface area contributed by atoms with Crippen LogP contribution in [0, 0.1) is 11.8 Å². The zero-order valence-electron chi connectivity index (χ0n) is 28.0. The molecule has 4 bridgehead atoms. The van der Waals surface area contributed by atoms with Crippen LogP contribution in [0.2, 0.25) is 0 Å². The molecular formula is C37H39N5O8. The number of carbonyl (C=O) groups excluding carboxylic acids is 3. The van der Waals surface area contributed by atoms with Crippen molar-refractivity contribution in [3.63, 3.8) is 0 Å². The molecule has 2 amide bonds. The van der Waals surface area contributed by atoms with Crippen LogP contribution >= 0.6 is 0 Å². The van der Waals surface area contributed by atoms with E-state index in [1.54, 1.807) is 13.8 Å². The second-order valence-electron chi connectivity index (χ2n) is 13.9. The van der Waals surface area contributed by atoms with Gasteiger partial charge in [-0.2, -0.15) is 0 Å². The highest BCUT2D eigenvalue weighted by atomic mass is 16.5. The summed E-state index contributed by atoms with van der Waals surface area (Å²) in [5.41, 5.74) is 2.40. The lowest BCUT2D eigenvalue weighted by Crippen LogP contribution is -2.53. The lowest BCUT2D eigenvalue weighted by atomic mass is 9.72. The van der Waals surface area contributed by atoms with E-state index < -0.39 is 47.6 Å². The summed E-state index contributed by atoms with van der Waals surface area (Å²) < 4.78 is 24.4. The summed E-state index contributed by atoms with van der Waals surface area (Å²) in [4.78, 5) is 49.5. The van der Waals surface area contributed by atoms with Crippen molar-refractivity contribution in [2.24, 2.45) is 11.8 Å². The van der Waals surface area contributed by atoms with E-state index in [1.807, 2.05) is 42.5 Å². The number of amides is 2. The Labute approximate surface area is 288 Å². The highest BCUT2D eigenvalue weighted by Gasteiger charge is 2.61. The number of fused-ring (bicyclic) bond motifs is 4. The third-order valence-corrected chi connectivity index (χ3v) is 10.5. The summed E-state index contributed by atoms with van der Waals surface area (Å²) in [7, 11) is 1.27. The maximum absolute atomic E-state index is 14.3. The van der Waals surface area contributed by atoms with E-state index in [0.29, 0.717) is 11.5 Å². The average molecular weight is 682 g/mol. The SMILES string of the molecule is COC(=O)c1coc(-c2nc3oc2[C@@]24c5ccccc5NC2Oc2ccc(cc24)C[C@H](NC(=O)[C@@H](O)C(C)C)C(=O)NC3C2CCCCC2)n1. The van der Waals surface area contributed by atoms with Gasteiger partial charge in [-0.15, -0.1) is 0 Å². The molecule has 4 N–H and O–H groups in total. The topological polar surface area (TPSA) is 178 Å². The number of aromatic nitrogens is 2. The number of carbonyl (C=O) groups is 3. The van der Waals surface area contributed by atoms with Gasteiger partial charge in [0.15, 0.2) is 23.4 Å². The molecule has 4 aromatic rings. The highest BCUT2D eigenvalue weighted by Crippen LogP contribution is 2.59. The highest BCUT2D eigenvalue weighted by molar-refractivity contribution is 5.90. The van der Waals surface area contributed by atoms with Crippen molar-refractivity contribution < 1.29 is 37.8 Å². The van der Waals surface area contributed by atoms with E-state index in [2.05, 4.69) is 20.9 Å². The minimum Gasteiger partial charge on any atom is -0.469 e. The number of benzene rings is 2. The van der Waals surface area contributed by atoms with Crippen molar-refractivity contribution in [2.45, 2.75) is 82.2 Å². The van der Waals surface area contributed by atoms with Gasteiger partial charge in [0, 0.05) is 17.7 Å². The van der Waals surface area contributed by atoms with Crippen LogP contribution in [-0.2, 0) is 26.2 Å². The summed E-state index contributed by atoms with van der Waals surface area (Å²) in [6.45, 7) is 3.49. The van der Waals surface area contributed by atoms with Crippen LogP contribution < -0.4 is 20.7 Å². The fraction of sp³-hybridized carbons (Fsp3) is 0.432. The van der Waals surface area contributed by atoms with Crippen LogP contribution in [0.15, 0.2) is 57.6 Å². The molecule has 1 saturated carbocycles. The molecular weight excluding hydrogens is 642 g/mol. The molecule has 4 aliphatic rings. The number of aliphatic hydroxyl groups is 1. The van der Waals surface area contributed by atoms with Crippen molar-refractivity contribution in [3.8, 4) is 17.3 Å². The number of nitrogens with one attached hydrogen (secondary N) is 3. The maximum atomic E-state index is 14.3. The standard InChI is InChI=1S/C37H39N5O8/c1-18(2)29(43)32(45)38-24-16-19-13-14-26-22(15-19)37(21-11-7-8-12-23(21)40-36(37)49-26)30-28(33-39-25(17-48-33)35(46)47-3)42-34(50-30)27(41-31(24)44)20-9-5-4-6-10-20/h7-8,11-15,17-18,20,24,27,29,36,40,43H,4-6,9-10,16H2,1-3H3,(H,38,45)(H,41,44)/t24-,27?,29-,36?,37-/m0/s1. The lowest BCUT2D eigenvalue weighted by molar-refractivity contribution is -0.136. The minimum absolute atomic E-state index is 0.0155. The first-order valence-corrected chi connectivity index (χ1v) is 17.2. The predicted octanol–water partition coefficient (Wildman–Crippen LogP) is 4.39. The molecule has 2 unspecified atom stereocenters. The number of anilines is 1.